The van der Waals surface area contributed by atoms with Crippen LogP contribution in [0, 0.1) is 5.82 Å². The van der Waals surface area contributed by atoms with E-state index < -0.39 is 11.7 Å². The van der Waals surface area contributed by atoms with Crippen molar-refractivity contribution in [2.24, 2.45) is 11.5 Å². The van der Waals surface area contributed by atoms with Crippen LogP contribution in [0.25, 0.3) is 22.0 Å². The second-order valence-corrected chi connectivity index (χ2v) is 8.74. The highest BCUT2D eigenvalue weighted by Gasteiger charge is 2.24. The number of hydrogen-bond donors (Lipinski definition) is 4. The lowest BCUT2D eigenvalue weighted by atomic mass is 9.91. The lowest BCUT2D eigenvalue weighted by Crippen LogP contribution is -2.43. The number of nitrogens with zero attached hydrogens (tertiary/aromatic N) is 3. The van der Waals surface area contributed by atoms with Crippen molar-refractivity contribution in [1.29, 1.82) is 0 Å². The van der Waals surface area contributed by atoms with Gasteiger partial charge in [0.1, 0.15) is 5.82 Å². The van der Waals surface area contributed by atoms with E-state index in [0.29, 0.717) is 5.69 Å². The monoisotopic (exact) mass is 471 g/mol. The van der Waals surface area contributed by atoms with E-state index in [4.69, 9.17) is 11.5 Å². The van der Waals surface area contributed by atoms with Crippen LogP contribution in [0.5, 0.6) is 0 Å². The Labute approximate surface area is 202 Å². The molecule has 6 N–H and O–H groups in total. The molecular formula is C26H26FN7O. The molecule has 1 aromatic carbocycles. The van der Waals surface area contributed by atoms with Crippen molar-refractivity contribution in [2.75, 3.05) is 10.6 Å². The Bertz CT molecular complexity index is 1390. The van der Waals surface area contributed by atoms with Gasteiger partial charge in [-0.25, -0.2) is 9.37 Å². The molecule has 178 valence electrons. The number of aromatic nitrogens is 3. The molecule has 0 spiro atoms. The van der Waals surface area contributed by atoms with Crippen LogP contribution >= 0.6 is 0 Å². The normalized spacial score (nSPS) is 17.8. The number of carbonyl (C=O) groups excluding carboxylic acids is 1. The number of amides is 1. The summed E-state index contributed by atoms with van der Waals surface area (Å²) in [4.78, 5) is 25.2. The van der Waals surface area contributed by atoms with Gasteiger partial charge in [-0.3, -0.25) is 14.8 Å². The summed E-state index contributed by atoms with van der Waals surface area (Å²) in [5.41, 5.74) is 14.0. The Kier molecular flexibility index (Phi) is 6.24. The SMILES string of the molecule is NC(=O)c1cc(F)c(NC2CCCC[C@@H]2N)nc1Nc1ccnc(-c2cccc3cnccc23)c1. The molecule has 3 heterocycles. The molecule has 1 saturated carbocycles. The van der Waals surface area contributed by atoms with E-state index in [-0.39, 0.29) is 29.3 Å². The van der Waals surface area contributed by atoms with E-state index in [2.05, 4.69) is 25.6 Å². The molecule has 0 radical (unpaired) electrons. The predicted octanol–water partition coefficient (Wildman–Crippen LogP) is 4.36. The Morgan fingerprint density at radius 3 is 2.74 bits per heavy atom. The van der Waals surface area contributed by atoms with Gasteiger partial charge in [0.25, 0.3) is 5.91 Å². The van der Waals surface area contributed by atoms with Crippen LogP contribution < -0.4 is 22.1 Å². The van der Waals surface area contributed by atoms with E-state index >= 15 is 0 Å². The zero-order valence-corrected chi connectivity index (χ0v) is 19.0. The number of benzene rings is 1. The van der Waals surface area contributed by atoms with Crippen LogP contribution in [0.4, 0.5) is 21.7 Å². The number of pyridine rings is 3. The van der Waals surface area contributed by atoms with Crippen molar-refractivity contribution >= 4 is 34.0 Å². The zero-order valence-electron chi connectivity index (χ0n) is 19.0. The van der Waals surface area contributed by atoms with Crippen LogP contribution in [0.2, 0.25) is 0 Å². The average molecular weight is 472 g/mol. The number of anilines is 3. The quantitative estimate of drug-likeness (QED) is 0.329. The summed E-state index contributed by atoms with van der Waals surface area (Å²) in [6, 6.07) is 12.4. The molecule has 1 aliphatic rings. The number of halogens is 1. The number of nitrogens with two attached hydrogens (primary N) is 2. The Morgan fingerprint density at radius 2 is 1.91 bits per heavy atom. The first kappa shape index (κ1) is 22.7. The molecule has 0 aliphatic heterocycles. The highest BCUT2D eigenvalue weighted by atomic mass is 19.1. The first-order valence-corrected chi connectivity index (χ1v) is 11.6. The average Bonchev–Trinajstić information content (AvgIpc) is 2.87. The van der Waals surface area contributed by atoms with Crippen LogP contribution in [0.15, 0.2) is 61.1 Å². The maximum atomic E-state index is 14.8. The summed E-state index contributed by atoms with van der Waals surface area (Å²) in [6.45, 7) is 0. The summed E-state index contributed by atoms with van der Waals surface area (Å²) < 4.78 is 14.8. The van der Waals surface area contributed by atoms with E-state index in [0.717, 1.165) is 53.8 Å². The highest BCUT2D eigenvalue weighted by Crippen LogP contribution is 2.30. The van der Waals surface area contributed by atoms with Crippen LogP contribution in [0.1, 0.15) is 36.0 Å². The molecule has 1 amide bonds. The number of rotatable bonds is 6. The van der Waals surface area contributed by atoms with Crippen molar-refractivity contribution in [3.8, 4) is 11.3 Å². The molecule has 2 atom stereocenters. The molecular weight excluding hydrogens is 445 g/mol. The van der Waals surface area contributed by atoms with Crippen molar-refractivity contribution in [3.05, 3.63) is 72.4 Å². The van der Waals surface area contributed by atoms with Gasteiger partial charge in [-0.1, -0.05) is 31.0 Å². The van der Waals surface area contributed by atoms with E-state index in [1.54, 1.807) is 24.7 Å². The predicted molar refractivity (Wildman–Crippen MR) is 135 cm³/mol. The molecule has 1 fully saturated rings. The van der Waals surface area contributed by atoms with E-state index in [9.17, 15) is 9.18 Å². The first-order valence-electron chi connectivity index (χ1n) is 11.6. The molecule has 9 heteroatoms. The summed E-state index contributed by atoms with van der Waals surface area (Å²) in [5.74, 6) is -1.24. The van der Waals surface area contributed by atoms with Gasteiger partial charge in [0.15, 0.2) is 11.6 Å². The van der Waals surface area contributed by atoms with Crippen molar-refractivity contribution < 1.29 is 9.18 Å². The first-order chi connectivity index (χ1) is 17.0. The second kappa shape index (κ2) is 9.63. The van der Waals surface area contributed by atoms with Crippen molar-refractivity contribution in [2.45, 2.75) is 37.8 Å². The van der Waals surface area contributed by atoms with Gasteiger partial charge < -0.3 is 22.1 Å². The largest absolute Gasteiger partial charge is 0.365 e. The Hall–Kier alpha value is -4.11. The minimum absolute atomic E-state index is 0.0377. The third kappa shape index (κ3) is 4.76. The van der Waals surface area contributed by atoms with Gasteiger partial charge >= 0.3 is 0 Å². The van der Waals surface area contributed by atoms with Crippen molar-refractivity contribution in [3.63, 3.8) is 0 Å². The summed E-state index contributed by atoms with van der Waals surface area (Å²) >= 11 is 0. The van der Waals surface area contributed by atoms with Crippen LogP contribution in [-0.2, 0) is 0 Å². The van der Waals surface area contributed by atoms with Crippen LogP contribution in [0.3, 0.4) is 0 Å². The maximum absolute atomic E-state index is 14.8. The maximum Gasteiger partial charge on any atom is 0.252 e. The number of carbonyl (C=O) groups is 1. The summed E-state index contributed by atoms with van der Waals surface area (Å²) in [7, 11) is 0. The molecule has 8 nitrogen and oxygen atoms in total. The van der Waals surface area contributed by atoms with Gasteiger partial charge in [-0.15, -0.1) is 0 Å². The number of nitrogens with one attached hydrogen (secondary N) is 2. The smallest absolute Gasteiger partial charge is 0.252 e. The Morgan fingerprint density at radius 1 is 1.06 bits per heavy atom. The third-order valence-corrected chi connectivity index (χ3v) is 6.36. The minimum Gasteiger partial charge on any atom is -0.365 e. The highest BCUT2D eigenvalue weighted by molar-refractivity contribution is 5.99. The van der Waals surface area contributed by atoms with Gasteiger partial charge in [0.05, 0.1) is 11.3 Å². The Balaban J connectivity index is 1.49. The lowest BCUT2D eigenvalue weighted by molar-refractivity contribution is 0.100. The molecule has 1 unspecified atom stereocenters. The zero-order chi connectivity index (χ0) is 24.4. The van der Waals surface area contributed by atoms with E-state index in [1.165, 1.54) is 0 Å². The fourth-order valence-electron chi connectivity index (χ4n) is 4.53. The molecule has 1 aliphatic carbocycles. The van der Waals surface area contributed by atoms with E-state index in [1.807, 2.05) is 30.3 Å². The number of fused-ring (bicyclic) bond motifs is 1. The van der Waals surface area contributed by atoms with Crippen molar-refractivity contribution in [1.82, 2.24) is 15.0 Å². The molecule has 0 saturated heterocycles. The number of primary amides is 1. The summed E-state index contributed by atoms with van der Waals surface area (Å²) in [6.07, 6.45) is 8.97. The van der Waals surface area contributed by atoms with Crippen LogP contribution in [-0.4, -0.2) is 32.9 Å². The van der Waals surface area contributed by atoms with Gasteiger partial charge in [0, 0.05) is 47.3 Å². The minimum atomic E-state index is -0.782. The fourth-order valence-corrected chi connectivity index (χ4v) is 4.53. The van der Waals surface area contributed by atoms with Gasteiger partial charge in [0.2, 0.25) is 0 Å². The topological polar surface area (TPSA) is 132 Å². The molecule has 35 heavy (non-hydrogen) atoms. The standard InChI is InChI=1S/C26H26FN7O/c27-20-13-19(24(29)35)25(34-26(20)33-22-7-2-1-6-21(22)28)32-16-8-11-31-23(12-16)18-5-3-4-15-14-30-10-9-17(15)18/h3-5,8-14,21-22H,1-2,6-7,28H2,(H2,29,35)(H2,31,32,33,34)/t21-,22?/m0/s1. The molecule has 0 bridgehead atoms. The van der Waals surface area contributed by atoms with Gasteiger partial charge in [-0.2, -0.15) is 0 Å². The lowest BCUT2D eigenvalue weighted by Gasteiger charge is -2.30. The van der Waals surface area contributed by atoms with Gasteiger partial charge in [-0.05, 0) is 42.5 Å². The second-order valence-electron chi connectivity index (χ2n) is 8.74. The molecule has 4 aromatic rings. The summed E-state index contributed by atoms with van der Waals surface area (Å²) in [5, 5.41) is 8.27. The number of hydrogen-bond acceptors (Lipinski definition) is 7. The fraction of sp³-hybridized carbons (Fsp3) is 0.231. The molecule has 5 rings (SSSR count). The molecule has 3 aromatic heterocycles. The third-order valence-electron chi connectivity index (χ3n) is 6.36.